The maximum atomic E-state index is 13.5. The van der Waals surface area contributed by atoms with Crippen molar-refractivity contribution in [3.63, 3.8) is 0 Å². The molecule has 0 aliphatic carbocycles. The molecule has 5 heterocycles. The first-order valence-electron chi connectivity index (χ1n) is 14.5. The standard InChI is InChI=1S/C31H39N5O5/c1-20-15-32-28-24(20)14-23(16-33-28)22-12-21-4-5-35(30(39)34-6-9-40-10-7-34)17-26(21)25(13-22)27-18-41-11-8-36(27)19-31(2,3)29(37)38/h12-16,27H,4-11,17-19H2,1-3H3,(H,32,33)(H,37,38)/t27-/m0/s1. The van der Waals surface area contributed by atoms with Crippen LogP contribution in [0.1, 0.15) is 42.1 Å². The Labute approximate surface area is 240 Å². The highest BCUT2D eigenvalue weighted by Gasteiger charge is 2.37. The van der Waals surface area contributed by atoms with E-state index in [9.17, 15) is 14.7 Å². The number of aromatic amines is 1. The Bertz CT molecular complexity index is 1460. The van der Waals surface area contributed by atoms with Gasteiger partial charge in [-0.25, -0.2) is 9.78 Å². The summed E-state index contributed by atoms with van der Waals surface area (Å²) in [7, 11) is 0. The highest BCUT2D eigenvalue weighted by molar-refractivity contribution is 5.85. The maximum Gasteiger partial charge on any atom is 0.320 e. The smallest absolute Gasteiger partial charge is 0.320 e. The quantitative estimate of drug-likeness (QED) is 0.487. The Morgan fingerprint density at radius 1 is 1.05 bits per heavy atom. The maximum absolute atomic E-state index is 13.5. The van der Waals surface area contributed by atoms with Crippen molar-refractivity contribution in [3.05, 3.63) is 52.8 Å². The largest absolute Gasteiger partial charge is 0.481 e. The van der Waals surface area contributed by atoms with Crippen LogP contribution in [-0.4, -0.2) is 101 Å². The Hall–Kier alpha value is -3.47. The van der Waals surface area contributed by atoms with Crippen LogP contribution in [0.3, 0.4) is 0 Å². The van der Waals surface area contributed by atoms with Crippen LogP contribution >= 0.6 is 0 Å². The molecular formula is C31H39N5O5. The first kappa shape index (κ1) is 27.7. The minimum atomic E-state index is -0.910. The number of fused-ring (bicyclic) bond motifs is 2. The molecule has 3 aliphatic heterocycles. The van der Waals surface area contributed by atoms with Crippen molar-refractivity contribution in [3.8, 4) is 11.1 Å². The Morgan fingerprint density at radius 3 is 2.61 bits per heavy atom. The van der Waals surface area contributed by atoms with E-state index in [1.165, 1.54) is 5.56 Å². The van der Waals surface area contributed by atoms with E-state index in [2.05, 4.69) is 40.0 Å². The molecule has 0 saturated carbocycles. The number of nitrogens with one attached hydrogen (secondary N) is 1. The fourth-order valence-corrected chi connectivity index (χ4v) is 6.26. The summed E-state index contributed by atoms with van der Waals surface area (Å²) in [5, 5.41) is 11.0. The summed E-state index contributed by atoms with van der Waals surface area (Å²) in [5.74, 6) is -0.818. The van der Waals surface area contributed by atoms with E-state index < -0.39 is 11.4 Å². The van der Waals surface area contributed by atoms with Crippen molar-refractivity contribution in [2.24, 2.45) is 5.41 Å². The lowest BCUT2D eigenvalue weighted by Gasteiger charge is -2.42. The van der Waals surface area contributed by atoms with Gasteiger partial charge in [0.05, 0.1) is 37.9 Å². The molecule has 2 N–H and O–H groups in total. The van der Waals surface area contributed by atoms with Gasteiger partial charge in [0.1, 0.15) is 5.65 Å². The van der Waals surface area contributed by atoms with Crippen molar-refractivity contribution in [1.29, 1.82) is 0 Å². The Balaban J connectivity index is 1.41. The number of carboxylic acid groups (broad SMARTS) is 1. The highest BCUT2D eigenvalue weighted by atomic mass is 16.5. The number of pyridine rings is 1. The lowest BCUT2D eigenvalue weighted by Crippen LogP contribution is -2.50. The van der Waals surface area contributed by atoms with Gasteiger partial charge >= 0.3 is 12.0 Å². The SMILES string of the molecule is Cc1c[nH]c2ncc(-c3cc4c(c([C@@H]5COCCN5CC(C)(C)C(=O)O)c3)CN(C(=O)N3CCOCC3)CC4)cc12. The van der Waals surface area contributed by atoms with Crippen LogP contribution in [0.15, 0.2) is 30.6 Å². The van der Waals surface area contributed by atoms with Crippen molar-refractivity contribution < 1.29 is 24.2 Å². The Kier molecular flexibility index (Phi) is 7.48. The van der Waals surface area contributed by atoms with Crippen LogP contribution in [0.25, 0.3) is 22.2 Å². The molecule has 3 aromatic rings. The number of ether oxygens (including phenoxy) is 2. The van der Waals surface area contributed by atoms with Gasteiger partial charge in [-0.15, -0.1) is 0 Å². The molecular weight excluding hydrogens is 522 g/mol. The predicted molar refractivity (Wildman–Crippen MR) is 155 cm³/mol. The first-order chi connectivity index (χ1) is 19.7. The van der Waals surface area contributed by atoms with Crippen LogP contribution in [-0.2, 0) is 27.2 Å². The van der Waals surface area contributed by atoms with Gasteiger partial charge in [-0.05, 0) is 67.1 Å². The van der Waals surface area contributed by atoms with E-state index in [0.717, 1.165) is 45.3 Å². The third-order valence-corrected chi connectivity index (χ3v) is 8.78. The van der Waals surface area contributed by atoms with E-state index in [1.807, 2.05) is 22.2 Å². The number of hydrogen-bond acceptors (Lipinski definition) is 6. The number of H-pyrrole nitrogens is 1. The molecule has 2 amide bonds. The molecule has 10 nitrogen and oxygen atoms in total. The lowest BCUT2D eigenvalue weighted by molar-refractivity contribution is -0.149. The molecule has 1 aromatic carbocycles. The highest BCUT2D eigenvalue weighted by Crippen LogP contribution is 2.38. The number of morpholine rings is 2. The third-order valence-electron chi connectivity index (χ3n) is 8.78. The second kappa shape index (κ2) is 11.1. The second-order valence-electron chi connectivity index (χ2n) is 12.1. The van der Waals surface area contributed by atoms with Crippen molar-refractivity contribution in [2.75, 3.05) is 59.2 Å². The van der Waals surface area contributed by atoms with Gasteiger partial charge in [0.25, 0.3) is 0 Å². The minimum Gasteiger partial charge on any atom is -0.481 e. The molecule has 0 spiro atoms. The van der Waals surface area contributed by atoms with Crippen LogP contribution in [0.5, 0.6) is 0 Å². The molecule has 41 heavy (non-hydrogen) atoms. The number of aliphatic carboxylic acids is 1. The number of nitrogens with zero attached hydrogens (tertiary/aromatic N) is 4. The fourth-order valence-electron chi connectivity index (χ4n) is 6.26. The number of carbonyl (C=O) groups is 2. The van der Waals surface area contributed by atoms with Gasteiger partial charge < -0.3 is 29.4 Å². The zero-order valence-electron chi connectivity index (χ0n) is 24.1. The molecule has 2 aromatic heterocycles. The summed E-state index contributed by atoms with van der Waals surface area (Å²) >= 11 is 0. The molecule has 6 rings (SSSR count). The minimum absolute atomic E-state index is 0.0512. The molecule has 2 fully saturated rings. The number of aromatic nitrogens is 2. The van der Waals surface area contributed by atoms with Crippen molar-refractivity contribution in [1.82, 2.24) is 24.7 Å². The van der Waals surface area contributed by atoms with Gasteiger partial charge in [-0.2, -0.15) is 0 Å². The summed E-state index contributed by atoms with van der Waals surface area (Å²) in [5.41, 5.74) is 6.67. The number of carbonyl (C=O) groups excluding carboxylic acids is 1. The first-order valence-corrected chi connectivity index (χ1v) is 14.5. The van der Waals surface area contributed by atoms with Gasteiger partial charge in [0.15, 0.2) is 0 Å². The zero-order valence-corrected chi connectivity index (χ0v) is 24.1. The average molecular weight is 562 g/mol. The van der Waals surface area contributed by atoms with E-state index in [-0.39, 0.29) is 12.1 Å². The Morgan fingerprint density at radius 2 is 1.83 bits per heavy atom. The van der Waals surface area contributed by atoms with Crippen LogP contribution in [0, 0.1) is 12.3 Å². The zero-order chi connectivity index (χ0) is 28.7. The van der Waals surface area contributed by atoms with E-state index >= 15 is 0 Å². The average Bonchev–Trinajstić information content (AvgIpc) is 3.36. The van der Waals surface area contributed by atoms with Gasteiger partial charge in [0, 0.05) is 62.6 Å². The molecule has 1 atom stereocenters. The number of hydrogen-bond donors (Lipinski definition) is 2. The molecule has 3 aliphatic rings. The normalized spacial score (nSPS) is 20.3. The second-order valence-corrected chi connectivity index (χ2v) is 12.1. The molecule has 2 saturated heterocycles. The summed E-state index contributed by atoms with van der Waals surface area (Å²) in [6, 6.07) is 6.57. The van der Waals surface area contributed by atoms with Crippen LogP contribution in [0.2, 0.25) is 0 Å². The van der Waals surface area contributed by atoms with Crippen LogP contribution in [0.4, 0.5) is 4.79 Å². The summed E-state index contributed by atoms with van der Waals surface area (Å²) in [6.45, 7) is 11.2. The molecule has 0 unspecified atom stereocenters. The van der Waals surface area contributed by atoms with Gasteiger partial charge in [-0.3, -0.25) is 9.69 Å². The van der Waals surface area contributed by atoms with Gasteiger partial charge in [-0.1, -0.05) is 6.07 Å². The topological polar surface area (TPSA) is 111 Å². The predicted octanol–water partition coefficient (Wildman–Crippen LogP) is 3.83. The molecule has 0 radical (unpaired) electrons. The number of benzene rings is 1. The van der Waals surface area contributed by atoms with Crippen LogP contribution < -0.4 is 0 Å². The number of carboxylic acids is 1. The third kappa shape index (κ3) is 5.43. The molecule has 218 valence electrons. The summed E-state index contributed by atoms with van der Waals surface area (Å²) < 4.78 is 11.5. The van der Waals surface area contributed by atoms with Crippen molar-refractivity contribution >= 4 is 23.0 Å². The lowest BCUT2D eigenvalue weighted by atomic mass is 9.85. The number of aryl methyl sites for hydroxylation is 1. The number of rotatable bonds is 5. The van der Waals surface area contributed by atoms with E-state index in [4.69, 9.17) is 9.47 Å². The van der Waals surface area contributed by atoms with E-state index in [1.54, 1.807) is 13.8 Å². The number of urea groups is 1. The van der Waals surface area contributed by atoms with Crippen molar-refractivity contribution in [2.45, 2.75) is 39.8 Å². The van der Waals surface area contributed by atoms with E-state index in [0.29, 0.717) is 65.7 Å². The molecule has 10 heteroatoms. The monoisotopic (exact) mass is 561 g/mol. The fraction of sp³-hybridized carbons (Fsp3) is 0.516. The van der Waals surface area contributed by atoms with Gasteiger partial charge in [0.2, 0.25) is 0 Å². The summed E-state index contributed by atoms with van der Waals surface area (Å²) in [6.07, 6.45) is 4.63. The summed E-state index contributed by atoms with van der Waals surface area (Å²) in [4.78, 5) is 39.5. The number of amides is 2. The molecule has 0 bridgehead atoms.